The maximum Gasteiger partial charge on any atom is 0.417 e. The Morgan fingerprint density at radius 3 is 2.61 bits per heavy atom. The van der Waals surface area contributed by atoms with Crippen LogP contribution in [0.25, 0.3) is 16.3 Å². The van der Waals surface area contributed by atoms with Crippen molar-refractivity contribution in [3.05, 3.63) is 41.7 Å². The monoisotopic (exact) mass is 269 g/mol. The van der Waals surface area contributed by atoms with Gasteiger partial charge in [0, 0.05) is 24.0 Å². The van der Waals surface area contributed by atoms with Gasteiger partial charge in [0.1, 0.15) is 5.69 Å². The number of aromatic nitrogens is 3. The Balaban J connectivity index is 2.00. The zero-order valence-corrected chi connectivity index (χ0v) is 9.66. The summed E-state index contributed by atoms with van der Waals surface area (Å²) >= 11 is 1.45. The number of rotatable bonds is 1. The molecule has 0 saturated carbocycles. The number of hydrogen-bond donors (Lipinski definition) is 0. The largest absolute Gasteiger partial charge is 0.417 e. The number of pyridine rings is 1. The normalized spacial score (nSPS) is 12.2. The van der Waals surface area contributed by atoms with Crippen molar-refractivity contribution in [1.82, 2.24) is 14.4 Å². The molecule has 0 N–H and O–H groups in total. The number of alkyl halides is 3. The Morgan fingerprint density at radius 2 is 2.00 bits per heavy atom. The highest BCUT2D eigenvalue weighted by Crippen LogP contribution is 2.29. The second-order valence-corrected chi connectivity index (χ2v) is 4.52. The lowest BCUT2D eigenvalue weighted by atomic mass is 10.2. The van der Waals surface area contributed by atoms with Gasteiger partial charge in [-0.1, -0.05) is 0 Å². The van der Waals surface area contributed by atoms with E-state index in [1.807, 2.05) is 11.6 Å². The lowest BCUT2D eigenvalue weighted by molar-refractivity contribution is -0.137. The summed E-state index contributed by atoms with van der Waals surface area (Å²) in [6, 6.07) is 2.34. The Hall–Kier alpha value is -1.89. The SMILES string of the molecule is FC(F)(F)c1ccc(-c2cn3ccsc3n2)nc1. The Labute approximate surface area is 104 Å². The number of thiazole rings is 1. The molecule has 0 spiro atoms. The van der Waals surface area contributed by atoms with Gasteiger partial charge >= 0.3 is 6.18 Å². The first-order chi connectivity index (χ1) is 8.54. The molecule has 0 amide bonds. The van der Waals surface area contributed by atoms with Crippen LogP contribution in [0.15, 0.2) is 36.1 Å². The van der Waals surface area contributed by atoms with E-state index in [0.717, 1.165) is 17.2 Å². The third-order valence-electron chi connectivity index (χ3n) is 2.45. The van der Waals surface area contributed by atoms with Gasteiger partial charge in [0.05, 0.1) is 11.3 Å². The van der Waals surface area contributed by atoms with Gasteiger partial charge in [-0.2, -0.15) is 13.2 Å². The van der Waals surface area contributed by atoms with Crippen LogP contribution in [0.5, 0.6) is 0 Å². The van der Waals surface area contributed by atoms with E-state index in [2.05, 4.69) is 9.97 Å². The van der Waals surface area contributed by atoms with Crippen molar-refractivity contribution >= 4 is 16.3 Å². The summed E-state index contributed by atoms with van der Waals surface area (Å²) in [5, 5.41) is 1.88. The lowest BCUT2D eigenvalue weighted by Crippen LogP contribution is -2.05. The molecule has 0 aliphatic heterocycles. The van der Waals surface area contributed by atoms with Gasteiger partial charge in [0.25, 0.3) is 0 Å². The highest BCUT2D eigenvalue weighted by molar-refractivity contribution is 7.15. The maximum absolute atomic E-state index is 12.4. The van der Waals surface area contributed by atoms with Gasteiger partial charge in [0.15, 0.2) is 4.96 Å². The first-order valence-electron chi connectivity index (χ1n) is 5.00. The molecule has 3 rings (SSSR count). The van der Waals surface area contributed by atoms with Crippen LogP contribution in [0.2, 0.25) is 0 Å². The van der Waals surface area contributed by atoms with Crippen molar-refractivity contribution in [2.45, 2.75) is 6.18 Å². The Bertz CT molecular complexity index is 653. The number of halogens is 3. The molecule has 3 aromatic heterocycles. The van der Waals surface area contributed by atoms with Crippen LogP contribution >= 0.6 is 11.3 Å². The smallest absolute Gasteiger partial charge is 0.297 e. The number of hydrogen-bond acceptors (Lipinski definition) is 3. The fourth-order valence-electron chi connectivity index (χ4n) is 1.56. The minimum Gasteiger partial charge on any atom is -0.297 e. The maximum atomic E-state index is 12.4. The quantitative estimate of drug-likeness (QED) is 0.677. The number of nitrogens with zero attached hydrogens (tertiary/aromatic N) is 3. The van der Waals surface area contributed by atoms with E-state index in [4.69, 9.17) is 0 Å². The number of imidazole rings is 1. The highest BCUT2D eigenvalue weighted by atomic mass is 32.1. The van der Waals surface area contributed by atoms with Crippen LogP contribution in [-0.4, -0.2) is 14.4 Å². The molecule has 0 atom stereocenters. The second-order valence-electron chi connectivity index (χ2n) is 3.65. The molecule has 3 nitrogen and oxygen atoms in total. The van der Waals surface area contributed by atoms with E-state index < -0.39 is 11.7 Å². The van der Waals surface area contributed by atoms with Gasteiger partial charge in [0.2, 0.25) is 0 Å². The van der Waals surface area contributed by atoms with Crippen molar-refractivity contribution in [3.63, 3.8) is 0 Å². The molecular weight excluding hydrogens is 263 g/mol. The molecule has 0 bridgehead atoms. The highest BCUT2D eigenvalue weighted by Gasteiger charge is 2.30. The molecule has 0 aliphatic rings. The van der Waals surface area contributed by atoms with Crippen LogP contribution in [0.3, 0.4) is 0 Å². The molecule has 18 heavy (non-hydrogen) atoms. The Kier molecular flexibility index (Phi) is 2.37. The summed E-state index contributed by atoms with van der Waals surface area (Å²) in [7, 11) is 0. The minimum absolute atomic E-state index is 0.430. The standard InChI is InChI=1S/C11H6F3N3S/c12-11(13,14)7-1-2-8(15-5-7)9-6-17-3-4-18-10(17)16-9/h1-6H. The minimum atomic E-state index is -4.36. The van der Waals surface area contributed by atoms with E-state index in [0.29, 0.717) is 11.4 Å². The van der Waals surface area contributed by atoms with Crippen molar-refractivity contribution < 1.29 is 13.2 Å². The molecule has 0 aromatic carbocycles. The van der Waals surface area contributed by atoms with E-state index in [-0.39, 0.29) is 0 Å². The summed E-state index contributed by atoms with van der Waals surface area (Å²) in [5.74, 6) is 0. The third-order valence-corrected chi connectivity index (χ3v) is 3.22. The van der Waals surface area contributed by atoms with E-state index >= 15 is 0 Å². The van der Waals surface area contributed by atoms with Crippen LogP contribution < -0.4 is 0 Å². The van der Waals surface area contributed by atoms with Gasteiger partial charge in [-0.05, 0) is 12.1 Å². The molecule has 0 fully saturated rings. The first kappa shape index (κ1) is 11.2. The average Bonchev–Trinajstić information content (AvgIpc) is 2.88. The van der Waals surface area contributed by atoms with Gasteiger partial charge in [-0.25, -0.2) is 4.98 Å². The first-order valence-corrected chi connectivity index (χ1v) is 5.88. The molecule has 0 radical (unpaired) electrons. The molecule has 0 saturated heterocycles. The molecule has 0 unspecified atom stereocenters. The van der Waals surface area contributed by atoms with E-state index in [9.17, 15) is 13.2 Å². The molecule has 3 heterocycles. The molecule has 0 aliphatic carbocycles. The van der Waals surface area contributed by atoms with Crippen molar-refractivity contribution in [2.24, 2.45) is 0 Å². The second kappa shape index (κ2) is 3.81. The molecule has 7 heteroatoms. The van der Waals surface area contributed by atoms with Gasteiger partial charge < -0.3 is 0 Å². The van der Waals surface area contributed by atoms with E-state index in [1.54, 1.807) is 10.6 Å². The van der Waals surface area contributed by atoms with Crippen LogP contribution in [-0.2, 0) is 6.18 Å². The summed E-state index contributed by atoms with van der Waals surface area (Å²) in [4.78, 5) is 8.86. The fraction of sp³-hybridized carbons (Fsp3) is 0.0909. The van der Waals surface area contributed by atoms with Crippen molar-refractivity contribution in [1.29, 1.82) is 0 Å². The predicted octanol–water partition coefficient (Wildman–Crippen LogP) is 3.48. The third kappa shape index (κ3) is 1.86. The van der Waals surface area contributed by atoms with Crippen LogP contribution in [0, 0.1) is 0 Å². The predicted molar refractivity (Wildman–Crippen MR) is 61.3 cm³/mol. The van der Waals surface area contributed by atoms with Gasteiger partial charge in [-0.15, -0.1) is 11.3 Å². The lowest BCUT2D eigenvalue weighted by Gasteiger charge is -2.05. The van der Waals surface area contributed by atoms with Gasteiger partial charge in [-0.3, -0.25) is 9.38 Å². The zero-order chi connectivity index (χ0) is 12.8. The summed E-state index contributed by atoms with van der Waals surface area (Å²) in [5.41, 5.74) is 0.238. The average molecular weight is 269 g/mol. The number of fused-ring (bicyclic) bond motifs is 1. The molecule has 92 valence electrons. The zero-order valence-electron chi connectivity index (χ0n) is 8.85. The van der Waals surface area contributed by atoms with Crippen LogP contribution in [0.4, 0.5) is 13.2 Å². The van der Waals surface area contributed by atoms with Crippen molar-refractivity contribution in [3.8, 4) is 11.4 Å². The fourth-order valence-corrected chi connectivity index (χ4v) is 2.26. The molecule has 3 aromatic rings. The van der Waals surface area contributed by atoms with Crippen molar-refractivity contribution in [2.75, 3.05) is 0 Å². The van der Waals surface area contributed by atoms with Crippen LogP contribution in [0.1, 0.15) is 5.56 Å². The summed E-state index contributed by atoms with van der Waals surface area (Å²) in [6.45, 7) is 0. The summed E-state index contributed by atoms with van der Waals surface area (Å²) < 4.78 is 39.0. The topological polar surface area (TPSA) is 30.2 Å². The van der Waals surface area contributed by atoms with E-state index in [1.165, 1.54) is 17.4 Å². The Morgan fingerprint density at radius 1 is 1.17 bits per heavy atom. The summed E-state index contributed by atoms with van der Waals surface area (Å²) in [6.07, 6.45) is 0.0326. The molecular formula is C11H6F3N3S.